The third kappa shape index (κ3) is 3.85. The summed E-state index contributed by atoms with van der Waals surface area (Å²) in [6, 6.07) is 15.7. The minimum atomic E-state index is -1.06. The predicted octanol–water partition coefficient (Wildman–Crippen LogP) is 4.46. The van der Waals surface area contributed by atoms with E-state index in [1.807, 2.05) is 54.2 Å². The van der Waals surface area contributed by atoms with Gasteiger partial charge in [0.1, 0.15) is 29.5 Å². The number of hydrogen-bond acceptors (Lipinski definition) is 5. The van der Waals surface area contributed by atoms with Gasteiger partial charge in [0, 0.05) is 28.0 Å². The molecule has 0 aliphatic carbocycles. The van der Waals surface area contributed by atoms with E-state index in [0.29, 0.717) is 12.4 Å². The van der Waals surface area contributed by atoms with E-state index in [2.05, 4.69) is 21.0 Å². The maximum Gasteiger partial charge on any atom is 0.152 e. The van der Waals surface area contributed by atoms with E-state index in [-0.39, 0.29) is 0 Å². The van der Waals surface area contributed by atoms with E-state index in [4.69, 9.17) is 4.74 Å². The summed E-state index contributed by atoms with van der Waals surface area (Å²) in [6.07, 6.45) is 4.50. The standard InChI is InChI=1S/C22H19N3O2S2/c26-29(16-4-2-1-3-5-16)11-9-27-20-12-15(13-21-17(20)7-10-28-21)22-24-18-6-8-23-14-19(18)25-22/h1-6,8,12-14H,7,9-11H2,(H,24,25). The molecule has 0 fully saturated rings. The molecular formula is C22H19N3O2S2. The average Bonchev–Trinajstić information content (AvgIpc) is 3.41. The molecule has 1 aliphatic rings. The molecule has 1 aliphatic heterocycles. The number of nitrogens with zero attached hydrogens (tertiary/aromatic N) is 2. The molecule has 1 atom stereocenters. The van der Waals surface area contributed by atoms with Crippen LogP contribution < -0.4 is 4.74 Å². The smallest absolute Gasteiger partial charge is 0.152 e. The van der Waals surface area contributed by atoms with Crippen molar-refractivity contribution >= 4 is 34.0 Å². The molecule has 2 aromatic carbocycles. The van der Waals surface area contributed by atoms with E-state index in [9.17, 15) is 4.55 Å². The summed E-state index contributed by atoms with van der Waals surface area (Å²) in [6.45, 7) is 0.409. The van der Waals surface area contributed by atoms with Gasteiger partial charge in [-0.05, 0) is 47.9 Å². The van der Waals surface area contributed by atoms with Gasteiger partial charge in [0.2, 0.25) is 0 Å². The Morgan fingerprint density at radius 1 is 1.17 bits per heavy atom. The summed E-state index contributed by atoms with van der Waals surface area (Å²) < 4.78 is 18.6. The zero-order chi connectivity index (χ0) is 19.6. The monoisotopic (exact) mass is 421 g/mol. The summed E-state index contributed by atoms with van der Waals surface area (Å²) in [5, 5.41) is 0. The van der Waals surface area contributed by atoms with Gasteiger partial charge in [-0.25, -0.2) is 4.98 Å². The normalized spacial score (nSPS) is 14.1. The first-order chi connectivity index (χ1) is 14.3. The second kappa shape index (κ2) is 8.10. The van der Waals surface area contributed by atoms with Crippen LogP contribution in [0, 0.1) is 0 Å². The highest BCUT2D eigenvalue weighted by atomic mass is 32.2. The fraction of sp³-hybridized carbons (Fsp3) is 0.182. The van der Waals surface area contributed by atoms with Crippen LogP contribution in [0.3, 0.4) is 0 Å². The molecule has 29 heavy (non-hydrogen) atoms. The first-order valence-electron chi connectivity index (χ1n) is 9.44. The van der Waals surface area contributed by atoms with Gasteiger partial charge in [0.05, 0.1) is 11.7 Å². The molecule has 2 aromatic heterocycles. The minimum Gasteiger partial charge on any atom is -0.611 e. The number of benzene rings is 2. The lowest BCUT2D eigenvalue weighted by atomic mass is 10.1. The van der Waals surface area contributed by atoms with Gasteiger partial charge < -0.3 is 14.3 Å². The molecule has 7 heteroatoms. The van der Waals surface area contributed by atoms with E-state index < -0.39 is 11.2 Å². The van der Waals surface area contributed by atoms with E-state index >= 15 is 0 Å². The Morgan fingerprint density at radius 2 is 2.07 bits per heavy atom. The van der Waals surface area contributed by atoms with Crippen LogP contribution in [-0.4, -0.2) is 37.6 Å². The molecule has 5 rings (SSSR count). The van der Waals surface area contributed by atoms with Crippen molar-refractivity contribution in [2.24, 2.45) is 0 Å². The summed E-state index contributed by atoms with van der Waals surface area (Å²) >= 11 is 0.777. The Hall–Kier alpha value is -2.48. The van der Waals surface area contributed by atoms with Gasteiger partial charge in [-0.1, -0.05) is 18.2 Å². The van der Waals surface area contributed by atoms with Crippen molar-refractivity contribution < 1.29 is 9.29 Å². The number of ether oxygens (including phenoxy) is 1. The van der Waals surface area contributed by atoms with Crippen LogP contribution in [0.5, 0.6) is 5.75 Å². The third-order valence-electron chi connectivity index (χ3n) is 4.87. The highest BCUT2D eigenvalue weighted by Gasteiger charge is 2.20. The molecule has 0 spiro atoms. The summed E-state index contributed by atoms with van der Waals surface area (Å²) in [5.74, 6) is 3.19. The molecule has 0 amide bonds. The van der Waals surface area contributed by atoms with Crippen LogP contribution in [-0.2, 0) is 17.6 Å². The molecule has 146 valence electrons. The van der Waals surface area contributed by atoms with Crippen LogP contribution in [0.25, 0.3) is 22.4 Å². The van der Waals surface area contributed by atoms with Crippen LogP contribution >= 0.6 is 11.8 Å². The SMILES string of the molecule is [O-][S+](CCOc1cc(-c2nc3cnccc3[nH]2)cc2c1CCS2)c1ccccc1. The van der Waals surface area contributed by atoms with Gasteiger partial charge in [-0.15, -0.1) is 11.8 Å². The van der Waals surface area contributed by atoms with Gasteiger partial charge in [0.15, 0.2) is 4.90 Å². The minimum absolute atomic E-state index is 0.409. The Kier molecular flexibility index (Phi) is 5.18. The fourth-order valence-corrected chi connectivity index (χ4v) is 5.48. The molecule has 4 aromatic rings. The van der Waals surface area contributed by atoms with Crippen LogP contribution in [0.2, 0.25) is 0 Å². The zero-order valence-electron chi connectivity index (χ0n) is 15.6. The van der Waals surface area contributed by atoms with E-state index in [0.717, 1.165) is 45.2 Å². The van der Waals surface area contributed by atoms with Gasteiger partial charge in [0.25, 0.3) is 0 Å². The first-order valence-corrected chi connectivity index (χ1v) is 11.7. The Bertz CT molecular complexity index is 1110. The van der Waals surface area contributed by atoms with Crippen molar-refractivity contribution in [3.8, 4) is 17.1 Å². The fourth-order valence-electron chi connectivity index (χ4n) is 3.43. The number of nitrogens with one attached hydrogen (secondary N) is 1. The first kappa shape index (κ1) is 18.5. The Labute approximate surface area is 176 Å². The third-order valence-corrected chi connectivity index (χ3v) is 7.29. The molecule has 5 nitrogen and oxygen atoms in total. The topological polar surface area (TPSA) is 73.9 Å². The lowest BCUT2D eigenvalue weighted by Crippen LogP contribution is -2.14. The van der Waals surface area contributed by atoms with Crippen LogP contribution in [0.1, 0.15) is 5.56 Å². The lowest BCUT2D eigenvalue weighted by molar-refractivity contribution is 0.337. The molecule has 0 bridgehead atoms. The number of thioether (sulfide) groups is 1. The van der Waals surface area contributed by atoms with Crippen LogP contribution in [0.4, 0.5) is 0 Å². The molecule has 1 N–H and O–H groups in total. The number of hydrogen-bond donors (Lipinski definition) is 1. The predicted molar refractivity (Wildman–Crippen MR) is 117 cm³/mol. The van der Waals surface area contributed by atoms with Crippen molar-refractivity contribution in [1.29, 1.82) is 0 Å². The molecule has 1 unspecified atom stereocenters. The van der Waals surface area contributed by atoms with Crippen molar-refractivity contribution in [2.75, 3.05) is 18.1 Å². The number of pyridine rings is 1. The number of imidazole rings is 1. The van der Waals surface area contributed by atoms with Crippen molar-refractivity contribution in [1.82, 2.24) is 15.0 Å². The zero-order valence-corrected chi connectivity index (χ0v) is 17.3. The molecular weight excluding hydrogens is 402 g/mol. The molecule has 0 radical (unpaired) electrons. The van der Waals surface area contributed by atoms with Gasteiger partial charge >= 0.3 is 0 Å². The van der Waals surface area contributed by atoms with E-state index in [1.54, 1.807) is 12.4 Å². The van der Waals surface area contributed by atoms with Crippen LogP contribution in [0.15, 0.2) is 70.7 Å². The van der Waals surface area contributed by atoms with Crippen molar-refractivity contribution in [3.05, 3.63) is 66.5 Å². The summed E-state index contributed by atoms with van der Waals surface area (Å²) in [7, 11) is 0. The number of rotatable bonds is 6. The van der Waals surface area contributed by atoms with Crippen molar-refractivity contribution in [3.63, 3.8) is 0 Å². The Morgan fingerprint density at radius 3 is 2.93 bits per heavy atom. The summed E-state index contributed by atoms with van der Waals surface area (Å²) in [5.41, 5.74) is 4.04. The van der Waals surface area contributed by atoms with Gasteiger partial charge in [-0.2, -0.15) is 0 Å². The van der Waals surface area contributed by atoms with Gasteiger partial charge in [-0.3, -0.25) is 4.98 Å². The van der Waals surface area contributed by atoms with E-state index in [1.165, 1.54) is 10.5 Å². The maximum atomic E-state index is 12.5. The second-order valence-electron chi connectivity index (χ2n) is 6.74. The average molecular weight is 422 g/mol. The quantitative estimate of drug-likeness (QED) is 0.465. The van der Waals surface area contributed by atoms with Crippen molar-refractivity contribution in [2.45, 2.75) is 16.2 Å². The maximum absolute atomic E-state index is 12.5. The molecule has 3 heterocycles. The number of aromatic amines is 1. The molecule has 0 saturated heterocycles. The lowest BCUT2D eigenvalue weighted by Gasteiger charge is -2.14. The number of H-pyrrole nitrogens is 1. The number of aromatic nitrogens is 3. The highest BCUT2D eigenvalue weighted by molar-refractivity contribution is 7.99. The summed E-state index contributed by atoms with van der Waals surface area (Å²) in [4.78, 5) is 14.2. The largest absolute Gasteiger partial charge is 0.611 e. The second-order valence-corrected chi connectivity index (χ2v) is 9.45. The Balaban J connectivity index is 1.38. The molecule has 0 saturated carbocycles. The highest BCUT2D eigenvalue weighted by Crippen LogP contribution is 2.40. The number of fused-ring (bicyclic) bond motifs is 2.